The third-order valence-electron chi connectivity index (χ3n) is 6.67. The van der Waals surface area contributed by atoms with Crippen LogP contribution in [0.5, 0.6) is 0 Å². The molecule has 0 N–H and O–H groups in total. The van der Waals surface area contributed by atoms with Gasteiger partial charge in [-0.05, 0) is 44.0 Å². The number of hydrogen-bond donors (Lipinski definition) is 0. The molecule has 0 radical (unpaired) electrons. The molecule has 6 nitrogen and oxygen atoms in total. The van der Waals surface area contributed by atoms with E-state index < -0.39 is 0 Å². The van der Waals surface area contributed by atoms with Crippen molar-refractivity contribution in [2.24, 2.45) is 5.41 Å². The lowest BCUT2D eigenvalue weighted by Gasteiger charge is -2.24. The van der Waals surface area contributed by atoms with Gasteiger partial charge in [0.05, 0.1) is 16.4 Å². The van der Waals surface area contributed by atoms with Gasteiger partial charge in [0.15, 0.2) is 5.69 Å². The van der Waals surface area contributed by atoms with Crippen molar-refractivity contribution in [2.45, 2.75) is 26.3 Å². The van der Waals surface area contributed by atoms with Gasteiger partial charge >= 0.3 is 0 Å². The Labute approximate surface area is 187 Å². The first-order valence-corrected chi connectivity index (χ1v) is 11.2. The summed E-state index contributed by atoms with van der Waals surface area (Å²) in [7, 11) is 0. The van der Waals surface area contributed by atoms with Gasteiger partial charge in [0.25, 0.3) is 5.91 Å². The Hall–Kier alpha value is -2.70. The highest BCUT2D eigenvalue weighted by Gasteiger charge is 2.45. The van der Waals surface area contributed by atoms with E-state index in [9.17, 15) is 4.79 Å². The molecule has 0 aliphatic carbocycles. The second-order valence-corrected chi connectivity index (χ2v) is 9.22. The van der Waals surface area contributed by atoms with Gasteiger partial charge in [0, 0.05) is 31.6 Å². The minimum Gasteiger partial charge on any atom is -0.337 e. The van der Waals surface area contributed by atoms with Gasteiger partial charge in [-0.15, -0.1) is 5.10 Å². The van der Waals surface area contributed by atoms with Crippen molar-refractivity contribution in [1.82, 2.24) is 24.8 Å². The summed E-state index contributed by atoms with van der Waals surface area (Å²) >= 11 is 6.31. The van der Waals surface area contributed by atoms with Crippen LogP contribution in [0, 0.1) is 12.3 Å². The Morgan fingerprint density at radius 1 is 1.03 bits per heavy atom. The van der Waals surface area contributed by atoms with Crippen molar-refractivity contribution in [3.63, 3.8) is 0 Å². The molecule has 2 aromatic carbocycles. The number of hydrogen-bond acceptors (Lipinski definition) is 4. The third kappa shape index (κ3) is 3.86. The van der Waals surface area contributed by atoms with E-state index in [4.69, 9.17) is 11.6 Å². The SMILES string of the molecule is Cc1c(C(=O)N2CCC3(CCN(Cc4ccccc4)C3)C2)nnn1-c1ccccc1Cl. The van der Waals surface area contributed by atoms with Crippen LogP contribution in [0.3, 0.4) is 0 Å². The van der Waals surface area contributed by atoms with Crippen LogP contribution in [0.4, 0.5) is 0 Å². The molecule has 1 aromatic heterocycles. The molecular weight excluding hydrogens is 410 g/mol. The van der Waals surface area contributed by atoms with Gasteiger partial charge in [0.2, 0.25) is 0 Å². The predicted molar refractivity (Wildman–Crippen MR) is 120 cm³/mol. The lowest BCUT2D eigenvalue weighted by atomic mass is 9.86. The first kappa shape index (κ1) is 20.2. The second kappa shape index (κ2) is 8.09. The lowest BCUT2D eigenvalue weighted by molar-refractivity contribution is 0.0766. The fraction of sp³-hybridized carbons (Fsp3) is 0.375. The average Bonchev–Trinajstić information content (AvgIpc) is 3.48. The zero-order valence-corrected chi connectivity index (χ0v) is 18.4. The number of para-hydroxylation sites is 1. The molecule has 2 aliphatic rings. The number of likely N-dealkylation sites (tertiary alicyclic amines) is 2. The number of carbonyl (C=O) groups is 1. The van der Waals surface area contributed by atoms with Crippen LogP contribution in [0.2, 0.25) is 5.02 Å². The summed E-state index contributed by atoms with van der Waals surface area (Å²) in [5.41, 5.74) is 3.40. The minimum atomic E-state index is -0.0332. The maximum absolute atomic E-state index is 13.3. The van der Waals surface area contributed by atoms with Gasteiger partial charge in [-0.2, -0.15) is 0 Å². The molecule has 2 fully saturated rings. The first-order chi connectivity index (χ1) is 15.0. The molecule has 0 saturated carbocycles. The van der Waals surface area contributed by atoms with Gasteiger partial charge in [-0.3, -0.25) is 9.69 Å². The Kier molecular flexibility index (Phi) is 5.28. The van der Waals surface area contributed by atoms with Gasteiger partial charge in [-0.25, -0.2) is 4.68 Å². The molecule has 7 heteroatoms. The molecule has 160 valence electrons. The summed E-state index contributed by atoms with van der Waals surface area (Å²) in [5, 5.41) is 9.01. The van der Waals surface area contributed by atoms with Crippen LogP contribution >= 0.6 is 11.6 Å². The van der Waals surface area contributed by atoms with Crippen molar-refractivity contribution < 1.29 is 4.79 Å². The number of rotatable bonds is 4. The van der Waals surface area contributed by atoms with Gasteiger partial charge in [-0.1, -0.05) is 59.3 Å². The Morgan fingerprint density at radius 3 is 2.58 bits per heavy atom. The molecule has 3 heterocycles. The summed E-state index contributed by atoms with van der Waals surface area (Å²) in [6, 6.07) is 18.1. The fourth-order valence-electron chi connectivity index (χ4n) is 4.97. The normalized spacial score (nSPS) is 21.3. The number of halogens is 1. The molecule has 31 heavy (non-hydrogen) atoms. The number of amides is 1. The molecule has 1 amide bonds. The van der Waals surface area contributed by atoms with E-state index in [1.54, 1.807) is 4.68 Å². The molecule has 5 rings (SSSR count). The topological polar surface area (TPSA) is 54.3 Å². The molecule has 2 saturated heterocycles. The van der Waals surface area contributed by atoms with E-state index >= 15 is 0 Å². The lowest BCUT2D eigenvalue weighted by Crippen LogP contribution is -2.34. The first-order valence-electron chi connectivity index (χ1n) is 10.8. The summed E-state index contributed by atoms with van der Waals surface area (Å²) in [4.78, 5) is 17.7. The van der Waals surface area contributed by atoms with E-state index in [0.29, 0.717) is 10.7 Å². The van der Waals surface area contributed by atoms with Gasteiger partial charge < -0.3 is 4.90 Å². The molecular formula is C24H26ClN5O. The van der Waals surface area contributed by atoms with E-state index in [-0.39, 0.29) is 11.3 Å². The Morgan fingerprint density at radius 2 is 1.77 bits per heavy atom. The molecule has 3 aromatic rings. The van der Waals surface area contributed by atoms with Crippen LogP contribution in [-0.2, 0) is 6.54 Å². The van der Waals surface area contributed by atoms with Crippen molar-refractivity contribution in [3.8, 4) is 5.69 Å². The highest BCUT2D eigenvalue weighted by Crippen LogP contribution is 2.40. The number of nitrogens with zero attached hydrogens (tertiary/aromatic N) is 5. The number of aromatic nitrogens is 3. The van der Waals surface area contributed by atoms with E-state index in [0.717, 1.165) is 56.9 Å². The highest BCUT2D eigenvalue weighted by atomic mass is 35.5. The highest BCUT2D eigenvalue weighted by molar-refractivity contribution is 6.32. The number of carbonyl (C=O) groups excluding carboxylic acids is 1. The smallest absolute Gasteiger partial charge is 0.276 e. The maximum atomic E-state index is 13.3. The standard InChI is InChI=1S/C24H26ClN5O/c1-18-22(26-27-30(18)21-10-6-5-9-20(21)25)23(31)29-14-12-24(17-29)11-13-28(16-24)15-19-7-3-2-4-8-19/h2-10H,11-17H2,1H3. The van der Waals surface area contributed by atoms with Crippen molar-refractivity contribution in [1.29, 1.82) is 0 Å². The average molecular weight is 436 g/mol. The van der Waals surface area contributed by atoms with Crippen molar-refractivity contribution in [2.75, 3.05) is 26.2 Å². The van der Waals surface area contributed by atoms with E-state index in [1.165, 1.54) is 5.56 Å². The Balaban J connectivity index is 1.28. The maximum Gasteiger partial charge on any atom is 0.276 e. The van der Waals surface area contributed by atoms with Crippen LogP contribution in [0.1, 0.15) is 34.6 Å². The molecule has 2 aliphatic heterocycles. The monoisotopic (exact) mass is 435 g/mol. The van der Waals surface area contributed by atoms with Crippen LogP contribution in [0.15, 0.2) is 54.6 Å². The molecule has 1 atom stereocenters. The second-order valence-electron chi connectivity index (χ2n) is 8.81. The zero-order valence-electron chi connectivity index (χ0n) is 17.7. The molecule has 1 spiro atoms. The van der Waals surface area contributed by atoms with Crippen molar-refractivity contribution in [3.05, 3.63) is 76.6 Å². The predicted octanol–water partition coefficient (Wildman–Crippen LogP) is 3.97. The molecule has 1 unspecified atom stereocenters. The fourth-order valence-corrected chi connectivity index (χ4v) is 5.19. The summed E-state index contributed by atoms with van der Waals surface area (Å²) in [6.07, 6.45) is 2.18. The van der Waals surface area contributed by atoms with E-state index in [1.807, 2.05) is 36.1 Å². The largest absolute Gasteiger partial charge is 0.337 e. The minimum absolute atomic E-state index is 0.0332. The van der Waals surface area contributed by atoms with Crippen LogP contribution in [-0.4, -0.2) is 56.9 Å². The zero-order chi connectivity index (χ0) is 21.4. The third-order valence-corrected chi connectivity index (χ3v) is 6.99. The quantitative estimate of drug-likeness (QED) is 0.622. The van der Waals surface area contributed by atoms with Crippen LogP contribution < -0.4 is 0 Å². The summed E-state index contributed by atoms with van der Waals surface area (Å²) in [6.45, 7) is 6.53. The number of benzene rings is 2. The van der Waals surface area contributed by atoms with Crippen LogP contribution in [0.25, 0.3) is 5.69 Å². The van der Waals surface area contributed by atoms with Crippen molar-refractivity contribution >= 4 is 17.5 Å². The molecule has 0 bridgehead atoms. The summed E-state index contributed by atoms with van der Waals surface area (Å²) < 4.78 is 1.65. The van der Waals surface area contributed by atoms with E-state index in [2.05, 4.69) is 45.5 Å². The van der Waals surface area contributed by atoms with Gasteiger partial charge in [0.1, 0.15) is 0 Å². The Bertz CT molecular complexity index is 1100. The summed E-state index contributed by atoms with van der Waals surface area (Å²) in [5.74, 6) is -0.0332.